The van der Waals surface area contributed by atoms with Crippen LogP contribution in [-0.2, 0) is 21.2 Å². The van der Waals surface area contributed by atoms with Crippen molar-refractivity contribution in [1.29, 1.82) is 0 Å². The molecular weight excluding hydrogens is 408 g/mol. The van der Waals surface area contributed by atoms with Crippen molar-refractivity contribution in [2.45, 2.75) is 12.5 Å². The van der Waals surface area contributed by atoms with Crippen molar-refractivity contribution in [2.24, 2.45) is 0 Å². The number of benzene rings is 1. The molecule has 0 radical (unpaired) electrons. The molecule has 1 aliphatic rings. The number of rotatable bonds is 7. The fourth-order valence-corrected chi connectivity index (χ4v) is 4.67. The van der Waals surface area contributed by atoms with E-state index in [1.54, 1.807) is 25.6 Å². The number of sulfonamides is 1. The molecule has 0 aliphatic carbocycles. The maximum atomic E-state index is 12.8. The van der Waals surface area contributed by atoms with Gasteiger partial charge in [0, 0.05) is 31.0 Å². The van der Waals surface area contributed by atoms with Gasteiger partial charge in [-0.2, -0.15) is 9.29 Å². The van der Waals surface area contributed by atoms with Crippen molar-refractivity contribution in [1.82, 2.24) is 19.4 Å². The van der Waals surface area contributed by atoms with Gasteiger partial charge < -0.3 is 14.0 Å². The van der Waals surface area contributed by atoms with E-state index in [4.69, 9.17) is 14.0 Å². The van der Waals surface area contributed by atoms with E-state index < -0.39 is 16.1 Å². The molecule has 30 heavy (non-hydrogen) atoms. The van der Waals surface area contributed by atoms with Gasteiger partial charge in [0.25, 0.3) is 5.89 Å². The van der Waals surface area contributed by atoms with Crippen LogP contribution in [0.5, 0.6) is 5.75 Å². The lowest BCUT2D eigenvalue weighted by atomic mass is 10.2. The molecule has 3 aromatic rings. The Hall–Kier alpha value is -2.82. The van der Waals surface area contributed by atoms with Crippen LogP contribution >= 0.6 is 0 Å². The highest BCUT2D eigenvalue weighted by Gasteiger charge is 2.33. The maximum Gasteiger partial charge on any atom is 0.257 e. The van der Waals surface area contributed by atoms with Crippen molar-refractivity contribution in [2.75, 3.05) is 32.6 Å². The zero-order valence-electron chi connectivity index (χ0n) is 16.5. The molecule has 3 heterocycles. The van der Waals surface area contributed by atoms with E-state index in [2.05, 4.69) is 15.1 Å². The van der Waals surface area contributed by atoms with Gasteiger partial charge in [0.1, 0.15) is 5.75 Å². The number of morpholine rings is 1. The van der Waals surface area contributed by atoms with Crippen LogP contribution in [0.2, 0.25) is 0 Å². The van der Waals surface area contributed by atoms with E-state index in [0.29, 0.717) is 24.5 Å². The van der Waals surface area contributed by atoms with E-state index in [-0.39, 0.29) is 24.8 Å². The SMILES string of the molecule is COc1cccc(-c2noc(C3CN(S(=O)(=O)CCc4ccncc4)CCO3)n2)c1. The summed E-state index contributed by atoms with van der Waals surface area (Å²) in [7, 11) is -1.87. The molecule has 9 nitrogen and oxygen atoms in total. The van der Waals surface area contributed by atoms with Gasteiger partial charge in [-0.3, -0.25) is 4.98 Å². The molecule has 1 unspecified atom stereocenters. The lowest BCUT2D eigenvalue weighted by molar-refractivity contribution is -0.0199. The predicted octanol–water partition coefficient (Wildman–Crippen LogP) is 2.09. The smallest absolute Gasteiger partial charge is 0.257 e. The van der Waals surface area contributed by atoms with Crippen molar-refractivity contribution >= 4 is 10.0 Å². The standard InChI is InChI=1S/C20H22N4O5S/c1-27-17-4-2-3-16(13-17)19-22-20(29-23-19)18-14-24(10-11-28-18)30(25,26)12-7-15-5-8-21-9-6-15/h2-6,8-9,13,18H,7,10-12,14H2,1H3. The molecule has 1 aliphatic heterocycles. The largest absolute Gasteiger partial charge is 0.497 e. The highest BCUT2D eigenvalue weighted by Crippen LogP contribution is 2.26. The summed E-state index contributed by atoms with van der Waals surface area (Å²) >= 11 is 0. The van der Waals surface area contributed by atoms with Crippen LogP contribution in [0.15, 0.2) is 53.3 Å². The van der Waals surface area contributed by atoms with E-state index in [9.17, 15) is 8.42 Å². The summed E-state index contributed by atoms with van der Waals surface area (Å²) in [5.74, 6) is 1.34. The molecule has 0 spiro atoms. The molecule has 10 heteroatoms. The summed E-state index contributed by atoms with van der Waals surface area (Å²) in [5.41, 5.74) is 1.67. The average Bonchev–Trinajstić information content (AvgIpc) is 3.29. The minimum Gasteiger partial charge on any atom is -0.497 e. The number of pyridine rings is 1. The van der Waals surface area contributed by atoms with Crippen molar-refractivity contribution in [3.05, 3.63) is 60.2 Å². The van der Waals surface area contributed by atoms with Gasteiger partial charge in [-0.15, -0.1) is 0 Å². The second-order valence-electron chi connectivity index (χ2n) is 6.83. The molecule has 1 aromatic carbocycles. The highest BCUT2D eigenvalue weighted by atomic mass is 32.2. The Morgan fingerprint density at radius 1 is 1.23 bits per heavy atom. The lowest BCUT2D eigenvalue weighted by Crippen LogP contribution is -2.43. The molecule has 1 atom stereocenters. The van der Waals surface area contributed by atoms with Crippen LogP contribution in [0.4, 0.5) is 0 Å². The summed E-state index contributed by atoms with van der Waals surface area (Å²) in [6, 6.07) is 10.9. The summed E-state index contributed by atoms with van der Waals surface area (Å²) in [6.07, 6.45) is 3.12. The first kappa shape index (κ1) is 20.5. The Morgan fingerprint density at radius 3 is 2.87 bits per heavy atom. The molecule has 1 fully saturated rings. The summed E-state index contributed by atoms with van der Waals surface area (Å²) in [4.78, 5) is 8.35. The average molecular weight is 430 g/mol. The fourth-order valence-electron chi connectivity index (χ4n) is 3.20. The van der Waals surface area contributed by atoms with Crippen LogP contribution in [0, 0.1) is 0 Å². The number of hydrogen-bond acceptors (Lipinski definition) is 8. The molecule has 1 saturated heterocycles. The number of methoxy groups -OCH3 is 1. The van der Waals surface area contributed by atoms with Crippen molar-refractivity contribution in [3.8, 4) is 17.1 Å². The minimum absolute atomic E-state index is 0.0165. The fraction of sp³-hybridized carbons (Fsp3) is 0.350. The number of hydrogen-bond donors (Lipinski definition) is 0. The Bertz CT molecular complexity index is 1090. The van der Waals surface area contributed by atoms with Gasteiger partial charge in [-0.1, -0.05) is 17.3 Å². The predicted molar refractivity (Wildman–Crippen MR) is 108 cm³/mol. The van der Waals surface area contributed by atoms with Gasteiger partial charge in [-0.25, -0.2) is 8.42 Å². The van der Waals surface area contributed by atoms with Crippen molar-refractivity contribution < 1.29 is 22.4 Å². The molecule has 0 bridgehead atoms. The Morgan fingerprint density at radius 2 is 2.07 bits per heavy atom. The first-order valence-electron chi connectivity index (χ1n) is 9.51. The van der Waals surface area contributed by atoms with Crippen LogP contribution < -0.4 is 4.74 Å². The van der Waals surface area contributed by atoms with E-state index in [1.165, 1.54) is 4.31 Å². The third-order valence-corrected chi connectivity index (χ3v) is 6.70. The van der Waals surface area contributed by atoms with Crippen molar-refractivity contribution in [3.63, 3.8) is 0 Å². The second kappa shape index (κ2) is 8.90. The third kappa shape index (κ3) is 4.66. The molecule has 0 saturated carbocycles. The topological polar surface area (TPSA) is 108 Å². The van der Waals surface area contributed by atoms with Gasteiger partial charge >= 0.3 is 0 Å². The zero-order valence-corrected chi connectivity index (χ0v) is 17.3. The monoisotopic (exact) mass is 430 g/mol. The van der Waals surface area contributed by atoms with E-state index >= 15 is 0 Å². The van der Waals surface area contributed by atoms with Crippen LogP contribution in [0.1, 0.15) is 17.6 Å². The van der Waals surface area contributed by atoms with E-state index in [1.807, 2.05) is 30.3 Å². The van der Waals surface area contributed by atoms with Gasteiger partial charge in [0.15, 0.2) is 6.10 Å². The summed E-state index contributed by atoms with van der Waals surface area (Å²) in [5, 5.41) is 4.00. The van der Waals surface area contributed by atoms with Gasteiger partial charge in [0.2, 0.25) is 15.8 Å². The lowest BCUT2D eigenvalue weighted by Gasteiger charge is -2.30. The Labute approximate surface area is 174 Å². The normalized spacial score (nSPS) is 17.7. The maximum absolute atomic E-state index is 12.8. The second-order valence-corrected chi connectivity index (χ2v) is 8.92. The minimum atomic E-state index is -3.45. The zero-order chi connectivity index (χ0) is 21.0. The summed E-state index contributed by atoms with van der Waals surface area (Å²) in [6.45, 7) is 0.695. The number of aryl methyl sites for hydroxylation is 1. The quantitative estimate of drug-likeness (QED) is 0.561. The summed E-state index contributed by atoms with van der Waals surface area (Å²) < 4.78 is 43.3. The Balaban J connectivity index is 1.44. The third-order valence-electron chi connectivity index (χ3n) is 4.87. The molecule has 158 valence electrons. The highest BCUT2D eigenvalue weighted by molar-refractivity contribution is 7.89. The molecule has 4 rings (SSSR count). The van der Waals surface area contributed by atoms with Gasteiger partial charge in [0.05, 0.1) is 19.5 Å². The number of aromatic nitrogens is 3. The molecule has 0 N–H and O–H groups in total. The molecule has 2 aromatic heterocycles. The number of ether oxygens (including phenoxy) is 2. The van der Waals surface area contributed by atoms with Gasteiger partial charge in [-0.05, 0) is 36.2 Å². The van der Waals surface area contributed by atoms with Crippen LogP contribution in [0.3, 0.4) is 0 Å². The first-order valence-corrected chi connectivity index (χ1v) is 11.1. The first-order chi connectivity index (χ1) is 14.5. The van der Waals surface area contributed by atoms with Crippen LogP contribution in [-0.4, -0.2) is 60.4 Å². The van der Waals surface area contributed by atoms with Crippen LogP contribution in [0.25, 0.3) is 11.4 Å². The Kier molecular flexibility index (Phi) is 6.07. The van der Waals surface area contributed by atoms with E-state index in [0.717, 1.165) is 11.1 Å². The molecule has 0 amide bonds. The molecular formula is C20H22N4O5S. The number of nitrogens with zero attached hydrogens (tertiary/aromatic N) is 4.